The van der Waals surface area contributed by atoms with Crippen LogP contribution in [0, 0.1) is 0 Å². The van der Waals surface area contributed by atoms with E-state index in [1.165, 1.54) is 111 Å². The van der Waals surface area contributed by atoms with Crippen molar-refractivity contribution in [1.29, 1.82) is 0 Å². The first kappa shape index (κ1) is 35.5. The third-order valence-electron chi connectivity index (χ3n) is 13.6. The van der Waals surface area contributed by atoms with Gasteiger partial charge in [0.1, 0.15) is 0 Å². The number of aromatic nitrogens is 2. The number of hydrogen-bond donors (Lipinski definition) is 0. The highest BCUT2D eigenvalue weighted by Gasteiger charge is 2.22. The van der Waals surface area contributed by atoms with Crippen LogP contribution in [0.4, 0.5) is 0 Å². The summed E-state index contributed by atoms with van der Waals surface area (Å²) < 4.78 is 4.85. The smallest absolute Gasteiger partial charge is 0.0541 e. The minimum atomic E-state index is 0.558. The first-order valence-electron chi connectivity index (χ1n) is 21.5. The minimum Gasteiger partial charge on any atom is -0.309 e. The van der Waals surface area contributed by atoms with E-state index in [1.807, 2.05) is 0 Å². The summed E-state index contributed by atoms with van der Waals surface area (Å²) in [5.74, 6) is 1.12. The van der Waals surface area contributed by atoms with Crippen molar-refractivity contribution >= 4 is 43.6 Å². The molecule has 286 valence electrons. The van der Waals surface area contributed by atoms with Gasteiger partial charge < -0.3 is 9.13 Å². The molecule has 10 aromatic rings. The van der Waals surface area contributed by atoms with E-state index in [2.05, 4.69) is 207 Å². The Kier molecular flexibility index (Phi) is 8.44. The standard InChI is InChI=1S/C57H48N2/c1-5-36(3)38-19-25-46(26-20-38)58-54-13-9-7-11-48(54)52-34-42(23-29-56(52)58)40-15-17-44-31-45-18-16-41(33-51(45)50(44)32-40)43-24-30-57-53(35-43)49-12-8-10-14-55(49)59(57)47-27-21-39(22-28-47)37(4)6-2/h7-30,32-37H,5-6,31H2,1-4H3. The van der Waals surface area contributed by atoms with E-state index >= 15 is 0 Å². The van der Waals surface area contributed by atoms with Crippen molar-refractivity contribution in [1.82, 2.24) is 9.13 Å². The van der Waals surface area contributed by atoms with Gasteiger partial charge in [-0.05, 0) is 160 Å². The van der Waals surface area contributed by atoms with Gasteiger partial charge in [-0.15, -0.1) is 0 Å². The zero-order valence-electron chi connectivity index (χ0n) is 34.3. The van der Waals surface area contributed by atoms with Crippen LogP contribution in [0.3, 0.4) is 0 Å². The zero-order valence-corrected chi connectivity index (χ0v) is 34.3. The lowest BCUT2D eigenvalue weighted by molar-refractivity contribution is 0.733. The Balaban J connectivity index is 0.965. The molecule has 0 fully saturated rings. The second-order valence-electron chi connectivity index (χ2n) is 16.9. The molecule has 0 N–H and O–H groups in total. The summed E-state index contributed by atoms with van der Waals surface area (Å²) in [5, 5.41) is 5.14. The molecule has 0 spiro atoms. The van der Waals surface area contributed by atoms with Gasteiger partial charge in [0.15, 0.2) is 0 Å². The molecule has 1 aliphatic rings. The highest BCUT2D eigenvalue weighted by Crippen LogP contribution is 2.43. The van der Waals surface area contributed by atoms with E-state index < -0.39 is 0 Å². The van der Waals surface area contributed by atoms with Crippen molar-refractivity contribution in [2.45, 2.75) is 58.8 Å². The van der Waals surface area contributed by atoms with Crippen molar-refractivity contribution in [3.63, 3.8) is 0 Å². The lowest BCUT2D eigenvalue weighted by Crippen LogP contribution is -1.96. The van der Waals surface area contributed by atoms with Gasteiger partial charge >= 0.3 is 0 Å². The van der Waals surface area contributed by atoms with Gasteiger partial charge in [-0.25, -0.2) is 0 Å². The Morgan fingerprint density at radius 1 is 0.390 bits per heavy atom. The molecule has 0 bridgehead atoms. The Morgan fingerprint density at radius 3 is 1.19 bits per heavy atom. The number of hydrogen-bond acceptors (Lipinski definition) is 0. The Hall–Kier alpha value is -6.64. The Labute approximate surface area is 347 Å². The van der Waals surface area contributed by atoms with Crippen LogP contribution in [-0.4, -0.2) is 9.13 Å². The molecule has 8 aromatic carbocycles. The average molecular weight is 761 g/mol. The van der Waals surface area contributed by atoms with Crippen molar-refractivity contribution in [2.24, 2.45) is 0 Å². The van der Waals surface area contributed by atoms with E-state index in [0.29, 0.717) is 11.8 Å². The molecular formula is C57H48N2. The number of para-hydroxylation sites is 2. The van der Waals surface area contributed by atoms with E-state index in [0.717, 1.165) is 19.3 Å². The summed E-state index contributed by atoms with van der Waals surface area (Å²) in [5.41, 5.74) is 20.7. The summed E-state index contributed by atoms with van der Waals surface area (Å²) in [6.45, 7) is 9.14. The van der Waals surface area contributed by atoms with Gasteiger partial charge in [-0.1, -0.05) is 125 Å². The fourth-order valence-electron chi connectivity index (χ4n) is 9.76. The molecule has 2 aromatic heterocycles. The van der Waals surface area contributed by atoms with E-state index in [-0.39, 0.29) is 0 Å². The summed E-state index contributed by atoms with van der Waals surface area (Å²) in [6.07, 6.45) is 3.26. The minimum absolute atomic E-state index is 0.558. The first-order chi connectivity index (χ1) is 29.0. The summed E-state index contributed by atoms with van der Waals surface area (Å²) in [6, 6.07) is 64.3. The van der Waals surface area contributed by atoms with Crippen LogP contribution in [0.2, 0.25) is 0 Å². The van der Waals surface area contributed by atoms with Crippen molar-refractivity contribution < 1.29 is 0 Å². The molecule has 2 heterocycles. The van der Waals surface area contributed by atoms with Gasteiger partial charge in [0.2, 0.25) is 0 Å². The molecule has 0 amide bonds. The van der Waals surface area contributed by atoms with Crippen molar-refractivity contribution in [3.8, 4) is 44.8 Å². The largest absolute Gasteiger partial charge is 0.309 e. The quantitative estimate of drug-likeness (QED) is 0.146. The monoisotopic (exact) mass is 760 g/mol. The van der Waals surface area contributed by atoms with Crippen molar-refractivity contribution in [3.05, 3.63) is 192 Å². The summed E-state index contributed by atoms with van der Waals surface area (Å²) in [7, 11) is 0. The molecular weight excluding hydrogens is 713 g/mol. The number of rotatable bonds is 8. The Morgan fingerprint density at radius 2 is 0.763 bits per heavy atom. The second-order valence-corrected chi connectivity index (χ2v) is 16.9. The lowest BCUT2D eigenvalue weighted by Gasteiger charge is -2.12. The van der Waals surface area contributed by atoms with Crippen LogP contribution in [0.1, 0.15) is 74.6 Å². The molecule has 0 radical (unpaired) electrons. The number of benzene rings is 8. The fraction of sp³-hybridized carbons (Fsp3) is 0.158. The topological polar surface area (TPSA) is 9.86 Å². The molecule has 0 saturated heterocycles. The molecule has 0 aliphatic heterocycles. The molecule has 0 saturated carbocycles. The highest BCUT2D eigenvalue weighted by atomic mass is 15.0. The van der Waals surface area contributed by atoms with E-state index in [4.69, 9.17) is 0 Å². The summed E-state index contributed by atoms with van der Waals surface area (Å²) in [4.78, 5) is 0. The van der Waals surface area contributed by atoms with Gasteiger partial charge in [-0.2, -0.15) is 0 Å². The van der Waals surface area contributed by atoms with Crippen LogP contribution in [0.15, 0.2) is 170 Å². The molecule has 2 heteroatoms. The first-order valence-corrected chi connectivity index (χ1v) is 21.5. The van der Waals surface area contributed by atoms with Crippen molar-refractivity contribution in [2.75, 3.05) is 0 Å². The van der Waals surface area contributed by atoms with Gasteiger partial charge in [0, 0.05) is 32.9 Å². The maximum atomic E-state index is 2.43. The molecule has 2 atom stereocenters. The normalized spacial score (nSPS) is 13.4. The number of fused-ring (bicyclic) bond motifs is 9. The van der Waals surface area contributed by atoms with Crippen LogP contribution < -0.4 is 0 Å². The zero-order chi connectivity index (χ0) is 39.8. The molecule has 1 aliphatic carbocycles. The van der Waals surface area contributed by atoms with Crippen LogP contribution >= 0.6 is 0 Å². The highest BCUT2D eigenvalue weighted by molar-refractivity contribution is 6.11. The lowest BCUT2D eigenvalue weighted by atomic mass is 9.95. The van der Waals surface area contributed by atoms with Gasteiger partial charge in [0.05, 0.1) is 22.1 Å². The van der Waals surface area contributed by atoms with E-state index in [9.17, 15) is 0 Å². The SMILES string of the molecule is CCC(C)c1ccc(-n2c3ccccc3c3cc(-c4ccc5c(c4)-c4cc(-c6ccc7c(c6)c6ccccc6n7-c6ccc(C(C)CC)cc6)ccc4C5)ccc32)cc1. The molecule has 11 rings (SSSR count). The van der Waals surface area contributed by atoms with Crippen LogP contribution in [0.25, 0.3) is 88.4 Å². The van der Waals surface area contributed by atoms with Gasteiger partial charge in [0.25, 0.3) is 0 Å². The third kappa shape index (κ3) is 5.76. The summed E-state index contributed by atoms with van der Waals surface area (Å²) >= 11 is 0. The van der Waals surface area contributed by atoms with Gasteiger partial charge in [-0.3, -0.25) is 0 Å². The third-order valence-corrected chi connectivity index (χ3v) is 13.6. The molecule has 2 unspecified atom stereocenters. The fourth-order valence-corrected chi connectivity index (χ4v) is 9.76. The predicted molar refractivity (Wildman–Crippen MR) is 252 cm³/mol. The molecule has 2 nitrogen and oxygen atoms in total. The number of nitrogens with zero attached hydrogens (tertiary/aromatic N) is 2. The second kappa shape index (κ2) is 14.0. The maximum Gasteiger partial charge on any atom is 0.0541 e. The predicted octanol–water partition coefficient (Wildman–Crippen LogP) is 15.8. The Bertz CT molecular complexity index is 3010. The average Bonchev–Trinajstić information content (AvgIpc) is 3.95. The van der Waals surface area contributed by atoms with Crippen LogP contribution in [0.5, 0.6) is 0 Å². The van der Waals surface area contributed by atoms with Crippen LogP contribution in [-0.2, 0) is 6.42 Å². The van der Waals surface area contributed by atoms with E-state index in [1.54, 1.807) is 0 Å². The maximum absolute atomic E-state index is 2.43. The molecule has 59 heavy (non-hydrogen) atoms.